The van der Waals surface area contributed by atoms with Crippen LogP contribution in [0.1, 0.15) is 28.5 Å². The summed E-state index contributed by atoms with van der Waals surface area (Å²) in [6.07, 6.45) is 0.831. The van der Waals surface area contributed by atoms with Gasteiger partial charge in [0.15, 0.2) is 0 Å². The zero-order valence-electron chi connectivity index (χ0n) is 15.0. The normalized spacial score (nSPS) is 11.0. The fourth-order valence-corrected chi connectivity index (χ4v) is 3.33. The first-order valence-corrected chi connectivity index (χ1v) is 8.92. The summed E-state index contributed by atoms with van der Waals surface area (Å²) in [6.45, 7) is 2.43. The van der Waals surface area contributed by atoms with E-state index in [0.29, 0.717) is 12.2 Å². The second-order valence-corrected chi connectivity index (χ2v) is 6.39. The molecule has 0 aliphatic heterocycles. The Hall–Kier alpha value is -3.40. The molecule has 0 saturated heterocycles. The molecule has 0 saturated carbocycles. The lowest BCUT2D eigenvalue weighted by Gasteiger charge is -2.13. The summed E-state index contributed by atoms with van der Waals surface area (Å²) >= 11 is 0. The van der Waals surface area contributed by atoms with E-state index in [1.54, 1.807) is 6.07 Å². The average Bonchev–Trinajstić information content (AvgIpc) is 2.71. The summed E-state index contributed by atoms with van der Waals surface area (Å²) in [7, 11) is 0. The zero-order chi connectivity index (χ0) is 18.8. The van der Waals surface area contributed by atoms with Crippen LogP contribution in [0.25, 0.3) is 21.7 Å². The minimum atomic E-state index is -0.925. The molecule has 0 fully saturated rings. The maximum absolute atomic E-state index is 11.5. The molecule has 0 radical (unpaired) electrons. The lowest BCUT2D eigenvalue weighted by Crippen LogP contribution is -2.02. The summed E-state index contributed by atoms with van der Waals surface area (Å²) in [4.78, 5) is 16.1. The molecule has 134 valence electrons. The van der Waals surface area contributed by atoms with E-state index in [4.69, 9.17) is 4.74 Å². The van der Waals surface area contributed by atoms with Crippen LogP contribution in [0.3, 0.4) is 0 Å². The molecule has 0 aliphatic rings. The van der Waals surface area contributed by atoms with Crippen LogP contribution in [0, 0.1) is 0 Å². The lowest BCUT2D eigenvalue weighted by molar-refractivity contribution is 0.0699. The van der Waals surface area contributed by atoms with Crippen LogP contribution in [0.5, 0.6) is 5.75 Å². The number of carbonyl (C=O) groups is 1. The van der Waals surface area contributed by atoms with Crippen molar-refractivity contribution in [2.45, 2.75) is 20.0 Å². The van der Waals surface area contributed by atoms with Crippen LogP contribution in [0.15, 0.2) is 66.7 Å². The molecule has 0 unspecified atom stereocenters. The third-order valence-corrected chi connectivity index (χ3v) is 4.72. The number of pyridine rings is 1. The maximum atomic E-state index is 11.5. The predicted octanol–water partition coefficient (Wildman–Crippen LogP) is 5.23. The van der Waals surface area contributed by atoms with Gasteiger partial charge in [-0.3, -0.25) is 4.98 Å². The first-order chi connectivity index (χ1) is 13.2. The van der Waals surface area contributed by atoms with E-state index in [-0.39, 0.29) is 0 Å². The molecule has 0 aliphatic carbocycles. The monoisotopic (exact) mass is 357 g/mol. The predicted molar refractivity (Wildman–Crippen MR) is 106 cm³/mol. The molecule has 0 spiro atoms. The van der Waals surface area contributed by atoms with Crippen molar-refractivity contribution >= 4 is 27.6 Å². The fraction of sp³-hybridized carbons (Fsp3) is 0.130. The average molecular weight is 357 g/mol. The number of ether oxygens (including phenoxy) is 1. The van der Waals surface area contributed by atoms with Gasteiger partial charge in [0.1, 0.15) is 12.4 Å². The molecule has 4 aromatic rings. The van der Waals surface area contributed by atoms with Gasteiger partial charge >= 0.3 is 5.97 Å². The van der Waals surface area contributed by atoms with Crippen molar-refractivity contribution in [2.24, 2.45) is 0 Å². The van der Waals surface area contributed by atoms with E-state index in [1.807, 2.05) is 60.7 Å². The van der Waals surface area contributed by atoms with Crippen LogP contribution in [-0.4, -0.2) is 16.1 Å². The number of benzene rings is 3. The van der Waals surface area contributed by atoms with Crippen LogP contribution < -0.4 is 4.74 Å². The number of carboxylic acids is 1. The van der Waals surface area contributed by atoms with Crippen LogP contribution in [0.4, 0.5) is 0 Å². The number of hydrogen-bond donors (Lipinski definition) is 1. The molecule has 0 bridgehead atoms. The van der Waals surface area contributed by atoms with Crippen molar-refractivity contribution in [1.29, 1.82) is 0 Å². The second-order valence-electron chi connectivity index (χ2n) is 6.39. The Morgan fingerprint density at radius 2 is 1.67 bits per heavy atom. The topological polar surface area (TPSA) is 59.4 Å². The van der Waals surface area contributed by atoms with Crippen molar-refractivity contribution in [2.75, 3.05) is 0 Å². The summed E-state index contributed by atoms with van der Waals surface area (Å²) < 4.78 is 6.17. The smallest absolute Gasteiger partial charge is 0.336 e. The third kappa shape index (κ3) is 3.22. The van der Waals surface area contributed by atoms with Gasteiger partial charge in [-0.05, 0) is 41.0 Å². The van der Waals surface area contributed by atoms with Gasteiger partial charge in [-0.2, -0.15) is 0 Å². The molecule has 0 atom stereocenters. The summed E-state index contributed by atoms with van der Waals surface area (Å²) in [5, 5.41) is 12.0. The van der Waals surface area contributed by atoms with E-state index in [0.717, 1.165) is 45.1 Å². The quantitative estimate of drug-likeness (QED) is 0.531. The standard InChI is InChI=1S/C23H19NO3/c1-2-16-13-22(20-9-5-6-10-21(20)24-16)27-14-15-11-12-19(23(25)26)18-8-4-3-7-17(15)18/h3-13H,2,14H2,1H3,(H,25,26). The van der Waals surface area contributed by atoms with Crippen molar-refractivity contribution in [3.8, 4) is 5.75 Å². The minimum Gasteiger partial charge on any atom is -0.488 e. The van der Waals surface area contributed by atoms with Crippen molar-refractivity contribution in [3.05, 3.63) is 83.6 Å². The van der Waals surface area contributed by atoms with Gasteiger partial charge in [-0.1, -0.05) is 49.4 Å². The SMILES string of the molecule is CCc1cc(OCc2ccc(C(=O)O)c3ccccc23)c2ccccc2n1. The Balaban J connectivity index is 1.74. The zero-order valence-corrected chi connectivity index (χ0v) is 15.0. The number of carboxylic acid groups (broad SMARTS) is 1. The van der Waals surface area contributed by atoms with Gasteiger partial charge in [0.2, 0.25) is 0 Å². The number of aromatic nitrogens is 1. The van der Waals surface area contributed by atoms with E-state index < -0.39 is 5.97 Å². The Bertz CT molecular complexity index is 1150. The van der Waals surface area contributed by atoms with Crippen molar-refractivity contribution in [3.63, 3.8) is 0 Å². The molecule has 1 heterocycles. The van der Waals surface area contributed by atoms with Crippen molar-refractivity contribution in [1.82, 2.24) is 4.98 Å². The number of hydrogen-bond acceptors (Lipinski definition) is 3. The Morgan fingerprint density at radius 1 is 0.963 bits per heavy atom. The molecule has 27 heavy (non-hydrogen) atoms. The molecular weight excluding hydrogens is 338 g/mol. The van der Waals surface area contributed by atoms with Gasteiger partial charge in [0.05, 0.1) is 11.1 Å². The van der Waals surface area contributed by atoms with Gasteiger partial charge in [-0.25, -0.2) is 4.79 Å². The first kappa shape index (κ1) is 17.0. The number of aromatic carboxylic acids is 1. The van der Waals surface area contributed by atoms with Gasteiger partial charge in [0.25, 0.3) is 0 Å². The Morgan fingerprint density at radius 3 is 2.41 bits per heavy atom. The molecule has 3 aromatic carbocycles. The van der Waals surface area contributed by atoms with E-state index in [2.05, 4.69) is 11.9 Å². The number of aryl methyl sites for hydroxylation is 1. The number of nitrogens with zero attached hydrogens (tertiary/aromatic N) is 1. The van der Waals surface area contributed by atoms with E-state index >= 15 is 0 Å². The summed E-state index contributed by atoms with van der Waals surface area (Å²) in [5.74, 6) is -0.129. The van der Waals surface area contributed by atoms with E-state index in [9.17, 15) is 9.90 Å². The highest BCUT2D eigenvalue weighted by Gasteiger charge is 2.12. The molecule has 4 heteroatoms. The fourth-order valence-electron chi connectivity index (χ4n) is 3.33. The highest BCUT2D eigenvalue weighted by molar-refractivity contribution is 6.04. The number of fused-ring (bicyclic) bond motifs is 2. The van der Waals surface area contributed by atoms with Gasteiger partial charge < -0.3 is 9.84 Å². The van der Waals surface area contributed by atoms with Crippen LogP contribution in [-0.2, 0) is 13.0 Å². The largest absolute Gasteiger partial charge is 0.488 e. The third-order valence-electron chi connectivity index (χ3n) is 4.72. The molecule has 4 nitrogen and oxygen atoms in total. The van der Waals surface area contributed by atoms with Gasteiger partial charge in [0, 0.05) is 17.1 Å². The molecule has 1 aromatic heterocycles. The number of rotatable bonds is 5. The second kappa shape index (κ2) is 7.08. The van der Waals surface area contributed by atoms with Crippen LogP contribution >= 0.6 is 0 Å². The Kier molecular flexibility index (Phi) is 4.47. The van der Waals surface area contributed by atoms with Crippen molar-refractivity contribution < 1.29 is 14.6 Å². The molecule has 1 N–H and O–H groups in total. The molecular formula is C23H19NO3. The summed E-state index contributed by atoms with van der Waals surface area (Å²) in [6, 6.07) is 20.9. The first-order valence-electron chi connectivity index (χ1n) is 8.92. The maximum Gasteiger partial charge on any atom is 0.336 e. The summed E-state index contributed by atoms with van der Waals surface area (Å²) in [5.41, 5.74) is 3.15. The molecule has 4 rings (SSSR count). The number of para-hydroxylation sites is 1. The highest BCUT2D eigenvalue weighted by Crippen LogP contribution is 2.28. The lowest BCUT2D eigenvalue weighted by atomic mass is 10.00. The van der Waals surface area contributed by atoms with Crippen LogP contribution in [0.2, 0.25) is 0 Å². The Labute approximate surface area is 157 Å². The minimum absolute atomic E-state index is 0.303. The molecule has 0 amide bonds. The highest BCUT2D eigenvalue weighted by atomic mass is 16.5. The van der Waals surface area contributed by atoms with Gasteiger partial charge in [-0.15, -0.1) is 0 Å². The van der Waals surface area contributed by atoms with E-state index in [1.165, 1.54) is 0 Å².